The van der Waals surface area contributed by atoms with Gasteiger partial charge in [-0.25, -0.2) is 8.42 Å². The van der Waals surface area contributed by atoms with Gasteiger partial charge in [0.15, 0.2) is 0 Å². The minimum atomic E-state index is -3.79. The summed E-state index contributed by atoms with van der Waals surface area (Å²) in [6.45, 7) is 3.23. The van der Waals surface area contributed by atoms with Gasteiger partial charge in [0.25, 0.3) is 0 Å². The van der Waals surface area contributed by atoms with Crippen LogP contribution in [0, 0.1) is 23.7 Å². The zero-order valence-corrected chi connectivity index (χ0v) is 19.0. The van der Waals surface area contributed by atoms with Crippen molar-refractivity contribution in [1.82, 2.24) is 14.6 Å². The van der Waals surface area contributed by atoms with E-state index in [4.69, 9.17) is 4.74 Å². The standard InChI is InChI=1S/C24H29N3O4S/c1-18-17-27(11-12-28)32(29,30)24-9-8-20(7-6-19-4-5-19)13-22(24)31-23(18)16-26-15-21-3-2-10-25-14-21/h2-3,8-10,13-14,18-19,23,26,28H,4-5,11-12,15-17H2,1H3/t18-,23+/m1/s1. The molecule has 1 fully saturated rings. The van der Waals surface area contributed by atoms with Crippen molar-refractivity contribution in [2.45, 2.75) is 37.3 Å². The molecule has 4 rings (SSSR count). The number of aromatic nitrogens is 1. The number of sulfonamides is 1. The number of ether oxygens (including phenoxy) is 1. The molecule has 2 heterocycles. The van der Waals surface area contributed by atoms with Crippen molar-refractivity contribution in [3.05, 3.63) is 53.9 Å². The van der Waals surface area contributed by atoms with Gasteiger partial charge in [0.05, 0.1) is 6.61 Å². The second-order valence-electron chi connectivity index (χ2n) is 8.42. The maximum absolute atomic E-state index is 13.3. The highest BCUT2D eigenvalue weighted by Crippen LogP contribution is 2.33. The molecule has 2 N–H and O–H groups in total. The maximum atomic E-state index is 13.3. The number of benzene rings is 1. The molecule has 2 aromatic rings. The predicted molar refractivity (Wildman–Crippen MR) is 121 cm³/mol. The first-order valence-corrected chi connectivity index (χ1v) is 12.4. The number of rotatable bonds is 6. The van der Waals surface area contributed by atoms with Gasteiger partial charge < -0.3 is 15.2 Å². The highest BCUT2D eigenvalue weighted by molar-refractivity contribution is 7.89. The molecular weight excluding hydrogens is 426 g/mol. The summed E-state index contributed by atoms with van der Waals surface area (Å²) in [5.74, 6) is 7.03. The van der Waals surface area contributed by atoms with E-state index in [1.807, 2.05) is 25.3 Å². The smallest absolute Gasteiger partial charge is 0.246 e. The molecule has 0 unspecified atom stereocenters. The SMILES string of the molecule is C[C@@H]1CN(CCO)S(=O)(=O)c2ccc(C#CC3CC3)cc2O[C@H]1CNCc1cccnc1. The van der Waals surface area contributed by atoms with Crippen molar-refractivity contribution in [3.63, 3.8) is 0 Å². The number of β-amino-alcohol motifs (C(OH)–C–C–N with tert-alkyl or cyclic N) is 1. The molecule has 32 heavy (non-hydrogen) atoms. The molecule has 0 radical (unpaired) electrons. The van der Waals surface area contributed by atoms with Crippen LogP contribution in [0.3, 0.4) is 0 Å². The first-order chi connectivity index (χ1) is 15.5. The fraction of sp³-hybridized carbons (Fsp3) is 0.458. The van der Waals surface area contributed by atoms with E-state index in [1.54, 1.807) is 24.4 Å². The molecule has 1 aromatic heterocycles. The number of pyridine rings is 1. The number of aliphatic hydroxyl groups is 1. The van der Waals surface area contributed by atoms with Gasteiger partial charge >= 0.3 is 0 Å². The van der Waals surface area contributed by atoms with Crippen molar-refractivity contribution >= 4 is 10.0 Å². The Hall–Kier alpha value is -2.44. The highest BCUT2D eigenvalue weighted by atomic mass is 32.2. The number of nitrogens with one attached hydrogen (secondary N) is 1. The van der Waals surface area contributed by atoms with Crippen molar-refractivity contribution < 1.29 is 18.3 Å². The van der Waals surface area contributed by atoms with E-state index in [2.05, 4.69) is 22.1 Å². The Morgan fingerprint density at radius 1 is 1.31 bits per heavy atom. The van der Waals surface area contributed by atoms with Crippen LogP contribution in [0.5, 0.6) is 5.75 Å². The Morgan fingerprint density at radius 2 is 2.16 bits per heavy atom. The highest BCUT2D eigenvalue weighted by Gasteiger charge is 2.35. The van der Waals surface area contributed by atoms with Crippen LogP contribution >= 0.6 is 0 Å². The lowest BCUT2D eigenvalue weighted by Crippen LogP contribution is -2.46. The molecule has 7 nitrogen and oxygen atoms in total. The van der Waals surface area contributed by atoms with Crippen LogP contribution in [0.2, 0.25) is 0 Å². The lowest BCUT2D eigenvalue weighted by Gasteiger charge is -2.34. The summed E-state index contributed by atoms with van der Waals surface area (Å²) < 4.78 is 34.2. The molecule has 1 saturated carbocycles. The monoisotopic (exact) mass is 455 g/mol. The minimum absolute atomic E-state index is 0.0468. The summed E-state index contributed by atoms with van der Waals surface area (Å²) in [6, 6.07) is 8.92. The molecule has 1 aliphatic carbocycles. The molecule has 170 valence electrons. The number of fused-ring (bicyclic) bond motifs is 1. The second-order valence-corrected chi connectivity index (χ2v) is 10.3. The molecule has 0 saturated heterocycles. The van der Waals surface area contributed by atoms with E-state index in [0.717, 1.165) is 24.0 Å². The van der Waals surface area contributed by atoms with Gasteiger partial charge in [0, 0.05) is 56.0 Å². The number of nitrogens with zero attached hydrogens (tertiary/aromatic N) is 2. The Morgan fingerprint density at radius 3 is 2.88 bits per heavy atom. The summed E-state index contributed by atoms with van der Waals surface area (Å²) in [5, 5.41) is 12.9. The Kier molecular flexibility index (Phi) is 7.11. The third-order valence-electron chi connectivity index (χ3n) is 5.71. The van der Waals surface area contributed by atoms with Gasteiger partial charge in [0.1, 0.15) is 16.7 Å². The van der Waals surface area contributed by atoms with Gasteiger partial charge in [-0.1, -0.05) is 24.8 Å². The van der Waals surface area contributed by atoms with Crippen LogP contribution < -0.4 is 10.1 Å². The first-order valence-electron chi connectivity index (χ1n) is 11.0. The van der Waals surface area contributed by atoms with Crippen LogP contribution in [0.4, 0.5) is 0 Å². The fourth-order valence-corrected chi connectivity index (χ4v) is 5.32. The van der Waals surface area contributed by atoms with Gasteiger partial charge in [0.2, 0.25) is 10.0 Å². The van der Waals surface area contributed by atoms with Crippen LogP contribution in [0.25, 0.3) is 0 Å². The molecule has 0 spiro atoms. The predicted octanol–water partition coefficient (Wildman–Crippen LogP) is 2.01. The topological polar surface area (TPSA) is 91.8 Å². The number of hydrogen-bond donors (Lipinski definition) is 2. The molecule has 0 bridgehead atoms. The maximum Gasteiger partial charge on any atom is 0.246 e. The second kappa shape index (κ2) is 10.0. The van der Waals surface area contributed by atoms with Crippen LogP contribution in [0.1, 0.15) is 30.9 Å². The molecule has 1 aliphatic heterocycles. The lowest BCUT2D eigenvalue weighted by atomic mass is 10.0. The zero-order valence-electron chi connectivity index (χ0n) is 18.2. The molecule has 2 aliphatic rings. The minimum Gasteiger partial charge on any atom is -0.487 e. The van der Waals surface area contributed by atoms with Crippen LogP contribution in [-0.4, -0.2) is 55.2 Å². The van der Waals surface area contributed by atoms with Crippen molar-refractivity contribution in [1.29, 1.82) is 0 Å². The molecule has 0 amide bonds. The number of hydrogen-bond acceptors (Lipinski definition) is 6. The number of aliphatic hydroxyl groups excluding tert-OH is 1. The van der Waals surface area contributed by atoms with Crippen molar-refractivity contribution in [2.24, 2.45) is 11.8 Å². The molecule has 2 atom stereocenters. The summed E-state index contributed by atoms with van der Waals surface area (Å²) >= 11 is 0. The Bertz CT molecular complexity index is 1090. The molecule has 1 aromatic carbocycles. The van der Waals surface area contributed by atoms with Gasteiger partial charge in [-0.3, -0.25) is 4.98 Å². The van der Waals surface area contributed by atoms with E-state index >= 15 is 0 Å². The Labute approximate surface area is 189 Å². The Balaban J connectivity index is 1.60. The van der Waals surface area contributed by atoms with Crippen LogP contribution in [0.15, 0.2) is 47.6 Å². The third-order valence-corrected chi connectivity index (χ3v) is 7.62. The van der Waals surface area contributed by atoms with E-state index in [1.165, 1.54) is 4.31 Å². The van der Waals surface area contributed by atoms with E-state index < -0.39 is 10.0 Å². The summed E-state index contributed by atoms with van der Waals surface area (Å²) in [7, 11) is -3.79. The van der Waals surface area contributed by atoms with E-state index in [9.17, 15) is 13.5 Å². The molecular formula is C24H29N3O4S. The summed E-state index contributed by atoms with van der Waals surface area (Å²) in [4.78, 5) is 4.25. The van der Waals surface area contributed by atoms with E-state index in [-0.39, 0.29) is 36.6 Å². The summed E-state index contributed by atoms with van der Waals surface area (Å²) in [5.41, 5.74) is 1.81. The average Bonchev–Trinajstić information content (AvgIpc) is 3.61. The zero-order chi connectivity index (χ0) is 22.6. The van der Waals surface area contributed by atoms with Gasteiger partial charge in [-0.2, -0.15) is 4.31 Å². The first kappa shape index (κ1) is 22.7. The quantitative estimate of drug-likeness (QED) is 0.648. The normalized spacial score (nSPS) is 22.6. The third kappa shape index (κ3) is 5.48. The van der Waals surface area contributed by atoms with Gasteiger partial charge in [-0.15, -0.1) is 0 Å². The van der Waals surface area contributed by atoms with E-state index in [0.29, 0.717) is 24.8 Å². The lowest BCUT2D eigenvalue weighted by molar-refractivity contribution is 0.113. The van der Waals surface area contributed by atoms with Crippen molar-refractivity contribution in [2.75, 3.05) is 26.2 Å². The van der Waals surface area contributed by atoms with Gasteiger partial charge in [-0.05, 0) is 42.7 Å². The summed E-state index contributed by atoms with van der Waals surface area (Å²) in [6.07, 6.45) is 5.54. The largest absolute Gasteiger partial charge is 0.487 e. The van der Waals surface area contributed by atoms with Crippen LogP contribution in [-0.2, 0) is 16.6 Å². The molecule has 8 heteroatoms. The van der Waals surface area contributed by atoms with Crippen molar-refractivity contribution in [3.8, 4) is 17.6 Å². The average molecular weight is 456 g/mol. The fourth-order valence-electron chi connectivity index (χ4n) is 3.69.